The first-order valence-electron chi connectivity index (χ1n) is 5.71. The van der Waals surface area contributed by atoms with Crippen LogP contribution in [0.4, 0.5) is 5.69 Å². The molecule has 0 bridgehead atoms. The molecule has 0 unspecified atom stereocenters. The summed E-state index contributed by atoms with van der Waals surface area (Å²) in [6.45, 7) is 3.84. The fourth-order valence-electron chi connectivity index (χ4n) is 1.70. The Morgan fingerprint density at radius 3 is 2.44 bits per heavy atom. The number of nitrogens with one attached hydrogen (secondary N) is 1. The van der Waals surface area contributed by atoms with Crippen molar-refractivity contribution in [1.82, 2.24) is 0 Å². The number of hydrogen-bond donors (Lipinski definition) is 1. The average molecular weight is 260 g/mol. The molecule has 0 atom stereocenters. The van der Waals surface area contributed by atoms with Crippen LogP contribution in [0.1, 0.15) is 21.5 Å². The third-order valence-corrected chi connectivity index (χ3v) is 3.23. The second-order valence-electron chi connectivity index (χ2n) is 4.23. The first-order valence-corrected chi connectivity index (χ1v) is 6.09. The molecule has 0 radical (unpaired) electrons. The van der Waals surface area contributed by atoms with E-state index in [1.165, 1.54) is 0 Å². The van der Waals surface area contributed by atoms with Crippen LogP contribution in [0.15, 0.2) is 42.5 Å². The van der Waals surface area contributed by atoms with E-state index in [4.69, 9.17) is 11.6 Å². The second-order valence-corrected chi connectivity index (χ2v) is 4.64. The number of aryl methyl sites for hydroxylation is 2. The smallest absolute Gasteiger partial charge is 0.255 e. The predicted octanol–water partition coefficient (Wildman–Crippen LogP) is 4.21. The molecule has 0 fully saturated rings. The second kappa shape index (κ2) is 5.23. The zero-order valence-electron chi connectivity index (χ0n) is 10.3. The van der Waals surface area contributed by atoms with E-state index in [1.54, 1.807) is 12.1 Å². The van der Waals surface area contributed by atoms with Gasteiger partial charge in [-0.2, -0.15) is 0 Å². The topological polar surface area (TPSA) is 29.1 Å². The maximum atomic E-state index is 12.1. The molecular formula is C15H14ClNO. The van der Waals surface area contributed by atoms with Gasteiger partial charge >= 0.3 is 0 Å². The van der Waals surface area contributed by atoms with Crippen molar-refractivity contribution in [2.75, 3.05) is 5.32 Å². The van der Waals surface area contributed by atoms with E-state index in [2.05, 4.69) is 5.32 Å². The number of anilines is 1. The van der Waals surface area contributed by atoms with Crippen molar-refractivity contribution in [2.45, 2.75) is 13.8 Å². The third kappa shape index (κ3) is 2.71. The molecule has 2 nitrogen and oxygen atoms in total. The van der Waals surface area contributed by atoms with Gasteiger partial charge in [-0.15, -0.1) is 0 Å². The summed E-state index contributed by atoms with van der Waals surface area (Å²) in [6, 6.07) is 13.0. The molecular weight excluding hydrogens is 246 g/mol. The minimum Gasteiger partial charge on any atom is -0.322 e. The lowest BCUT2D eigenvalue weighted by atomic mass is 10.1. The number of amides is 1. The molecule has 2 rings (SSSR count). The average Bonchev–Trinajstić information content (AvgIpc) is 2.34. The zero-order valence-corrected chi connectivity index (χ0v) is 11.1. The van der Waals surface area contributed by atoms with Gasteiger partial charge in [-0.3, -0.25) is 4.79 Å². The minimum atomic E-state index is -0.118. The summed E-state index contributed by atoms with van der Waals surface area (Å²) in [6.07, 6.45) is 0. The molecule has 0 heterocycles. The van der Waals surface area contributed by atoms with Crippen molar-refractivity contribution in [3.63, 3.8) is 0 Å². The maximum Gasteiger partial charge on any atom is 0.255 e. The Morgan fingerprint density at radius 1 is 1.06 bits per heavy atom. The van der Waals surface area contributed by atoms with E-state index in [1.807, 2.05) is 44.2 Å². The van der Waals surface area contributed by atoms with Crippen LogP contribution in [0.2, 0.25) is 5.02 Å². The van der Waals surface area contributed by atoms with Gasteiger partial charge in [0.1, 0.15) is 0 Å². The lowest BCUT2D eigenvalue weighted by molar-refractivity contribution is 0.102. The Morgan fingerprint density at radius 2 is 1.78 bits per heavy atom. The monoisotopic (exact) mass is 259 g/mol. The Labute approximate surface area is 112 Å². The number of benzene rings is 2. The summed E-state index contributed by atoms with van der Waals surface area (Å²) in [4.78, 5) is 12.1. The van der Waals surface area contributed by atoms with Crippen LogP contribution < -0.4 is 5.32 Å². The number of hydrogen-bond acceptors (Lipinski definition) is 1. The molecule has 18 heavy (non-hydrogen) atoms. The van der Waals surface area contributed by atoms with E-state index in [0.717, 1.165) is 11.1 Å². The molecule has 92 valence electrons. The van der Waals surface area contributed by atoms with Gasteiger partial charge in [-0.1, -0.05) is 35.9 Å². The normalized spacial score (nSPS) is 10.2. The molecule has 0 spiro atoms. The highest BCUT2D eigenvalue weighted by Crippen LogP contribution is 2.20. The molecule has 0 aliphatic heterocycles. The lowest BCUT2D eigenvalue weighted by Gasteiger charge is -2.08. The van der Waals surface area contributed by atoms with Crippen LogP contribution in [0.3, 0.4) is 0 Å². The lowest BCUT2D eigenvalue weighted by Crippen LogP contribution is -2.13. The summed E-state index contributed by atoms with van der Waals surface area (Å²) in [5.41, 5.74) is 3.33. The number of carbonyl (C=O) groups is 1. The van der Waals surface area contributed by atoms with Gasteiger partial charge in [-0.25, -0.2) is 0 Å². The Bertz CT molecular complexity index is 593. The minimum absolute atomic E-state index is 0.118. The summed E-state index contributed by atoms with van der Waals surface area (Å²) < 4.78 is 0. The van der Waals surface area contributed by atoms with Crippen LogP contribution >= 0.6 is 11.6 Å². The van der Waals surface area contributed by atoms with Gasteiger partial charge in [0.25, 0.3) is 5.91 Å². The molecule has 1 amide bonds. The highest BCUT2D eigenvalue weighted by Gasteiger charge is 2.08. The van der Waals surface area contributed by atoms with Gasteiger partial charge in [0.05, 0.1) is 0 Å². The highest BCUT2D eigenvalue weighted by atomic mass is 35.5. The Balaban J connectivity index is 2.22. The van der Waals surface area contributed by atoms with Crippen molar-refractivity contribution < 1.29 is 4.79 Å². The first kappa shape index (κ1) is 12.7. The maximum absolute atomic E-state index is 12.1. The molecule has 0 saturated heterocycles. The van der Waals surface area contributed by atoms with E-state index in [0.29, 0.717) is 16.3 Å². The van der Waals surface area contributed by atoms with Gasteiger partial charge < -0.3 is 5.32 Å². The molecule has 0 saturated carbocycles. The van der Waals surface area contributed by atoms with Crippen molar-refractivity contribution in [2.24, 2.45) is 0 Å². The Kier molecular flexibility index (Phi) is 3.68. The van der Waals surface area contributed by atoms with Gasteiger partial charge in [0, 0.05) is 16.3 Å². The fraction of sp³-hybridized carbons (Fsp3) is 0.133. The van der Waals surface area contributed by atoms with E-state index in [9.17, 15) is 4.79 Å². The van der Waals surface area contributed by atoms with Gasteiger partial charge in [-0.05, 0) is 43.2 Å². The standard InChI is InChI=1S/C15H14ClNO/c1-10-5-3-4-6-13(10)15(18)17-12-8-7-11(2)14(16)9-12/h3-9H,1-2H3,(H,17,18). The molecule has 2 aromatic rings. The predicted molar refractivity (Wildman–Crippen MR) is 75.3 cm³/mol. The van der Waals surface area contributed by atoms with E-state index >= 15 is 0 Å². The fourth-order valence-corrected chi connectivity index (χ4v) is 1.88. The molecule has 3 heteroatoms. The SMILES string of the molecule is Cc1ccc(NC(=O)c2ccccc2C)cc1Cl. The molecule has 2 aromatic carbocycles. The molecule has 0 aliphatic rings. The van der Waals surface area contributed by atoms with E-state index < -0.39 is 0 Å². The number of carbonyl (C=O) groups excluding carboxylic acids is 1. The van der Waals surface area contributed by atoms with Crippen molar-refractivity contribution in [3.8, 4) is 0 Å². The summed E-state index contributed by atoms with van der Waals surface area (Å²) in [7, 11) is 0. The van der Waals surface area contributed by atoms with Crippen LogP contribution in [0.25, 0.3) is 0 Å². The van der Waals surface area contributed by atoms with Crippen LogP contribution in [-0.2, 0) is 0 Å². The quantitative estimate of drug-likeness (QED) is 0.860. The molecule has 1 N–H and O–H groups in total. The largest absolute Gasteiger partial charge is 0.322 e. The van der Waals surface area contributed by atoms with Crippen molar-refractivity contribution in [1.29, 1.82) is 0 Å². The summed E-state index contributed by atoms with van der Waals surface area (Å²) in [5, 5.41) is 3.49. The van der Waals surface area contributed by atoms with Crippen LogP contribution in [0, 0.1) is 13.8 Å². The van der Waals surface area contributed by atoms with Crippen LogP contribution in [0.5, 0.6) is 0 Å². The zero-order chi connectivity index (χ0) is 13.1. The van der Waals surface area contributed by atoms with Gasteiger partial charge in [0.15, 0.2) is 0 Å². The van der Waals surface area contributed by atoms with E-state index in [-0.39, 0.29) is 5.91 Å². The summed E-state index contributed by atoms with van der Waals surface area (Å²) >= 11 is 6.02. The van der Waals surface area contributed by atoms with Crippen molar-refractivity contribution >= 4 is 23.2 Å². The van der Waals surface area contributed by atoms with Gasteiger partial charge in [0.2, 0.25) is 0 Å². The third-order valence-electron chi connectivity index (χ3n) is 2.82. The van der Waals surface area contributed by atoms with Crippen molar-refractivity contribution in [3.05, 3.63) is 64.2 Å². The number of halogens is 1. The molecule has 0 aromatic heterocycles. The molecule has 0 aliphatic carbocycles. The first-order chi connectivity index (χ1) is 8.58. The van der Waals surface area contributed by atoms with Crippen LogP contribution in [-0.4, -0.2) is 5.91 Å². The Hall–Kier alpha value is -1.80. The highest BCUT2D eigenvalue weighted by molar-refractivity contribution is 6.31. The summed E-state index contributed by atoms with van der Waals surface area (Å²) in [5.74, 6) is -0.118. The number of rotatable bonds is 2.